The summed E-state index contributed by atoms with van der Waals surface area (Å²) in [5.41, 5.74) is 4.04. The summed E-state index contributed by atoms with van der Waals surface area (Å²) in [6, 6.07) is 9.56. The number of likely N-dealkylation sites (N-methyl/N-ethyl adjacent to an activating group) is 1. The van der Waals surface area contributed by atoms with Crippen molar-refractivity contribution < 1.29 is 19.1 Å². The Morgan fingerprint density at radius 1 is 1.18 bits per heavy atom. The molecule has 3 aromatic rings. The highest BCUT2D eigenvalue weighted by Crippen LogP contribution is 2.47. The first kappa shape index (κ1) is 22.0. The minimum atomic E-state index is -0.616. The molecule has 2 aromatic heterocycles. The van der Waals surface area contributed by atoms with Crippen molar-refractivity contribution in [1.82, 2.24) is 14.9 Å². The summed E-state index contributed by atoms with van der Waals surface area (Å²) in [5, 5.41) is 0. The number of anilines is 1. The van der Waals surface area contributed by atoms with E-state index in [0.29, 0.717) is 36.0 Å². The molecule has 0 saturated heterocycles. The summed E-state index contributed by atoms with van der Waals surface area (Å²) in [4.78, 5) is 36.9. The highest BCUT2D eigenvalue weighted by molar-refractivity contribution is 6.01. The van der Waals surface area contributed by atoms with E-state index in [4.69, 9.17) is 9.47 Å². The molecular formula is C26H28N4O4. The largest absolute Gasteiger partial charge is 0.497 e. The van der Waals surface area contributed by atoms with E-state index in [9.17, 15) is 9.59 Å². The first-order valence-corrected chi connectivity index (χ1v) is 11.4. The van der Waals surface area contributed by atoms with E-state index in [1.54, 1.807) is 42.5 Å². The van der Waals surface area contributed by atoms with Crippen LogP contribution < -0.4 is 14.4 Å². The van der Waals surface area contributed by atoms with E-state index in [0.717, 1.165) is 16.7 Å². The summed E-state index contributed by atoms with van der Waals surface area (Å²) < 4.78 is 12.1. The average Bonchev–Trinajstić information content (AvgIpc) is 3.33. The molecule has 1 aromatic carbocycles. The molecule has 176 valence electrons. The lowest BCUT2D eigenvalue weighted by Crippen LogP contribution is -2.48. The lowest BCUT2D eigenvalue weighted by Gasteiger charge is -2.39. The molecular weight excluding hydrogens is 432 g/mol. The zero-order valence-electron chi connectivity index (χ0n) is 19.7. The maximum Gasteiger partial charge on any atom is 0.270 e. The van der Waals surface area contributed by atoms with Gasteiger partial charge in [0.2, 0.25) is 0 Å². The highest BCUT2D eigenvalue weighted by Gasteiger charge is 2.41. The monoisotopic (exact) mass is 460 g/mol. The summed E-state index contributed by atoms with van der Waals surface area (Å²) in [7, 11) is 3.40. The molecule has 0 radical (unpaired) electrons. The van der Waals surface area contributed by atoms with Crippen LogP contribution in [0.15, 0.2) is 48.9 Å². The number of hydrogen-bond acceptors (Lipinski definition) is 5. The van der Waals surface area contributed by atoms with Crippen molar-refractivity contribution in [3.05, 3.63) is 71.3 Å². The van der Waals surface area contributed by atoms with Gasteiger partial charge in [0.05, 0.1) is 19.3 Å². The van der Waals surface area contributed by atoms with E-state index < -0.39 is 6.10 Å². The Balaban J connectivity index is 1.68. The third-order valence-corrected chi connectivity index (χ3v) is 6.59. The van der Waals surface area contributed by atoms with Gasteiger partial charge in [-0.05, 0) is 41.3 Å². The number of ether oxygens (including phenoxy) is 2. The molecule has 4 heterocycles. The molecule has 34 heavy (non-hydrogen) atoms. The predicted molar refractivity (Wildman–Crippen MR) is 127 cm³/mol. The van der Waals surface area contributed by atoms with Crippen LogP contribution in [0, 0.1) is 5.92 Å². The number of rotatable bonds is 5. The van der Waals surface area contributed by atoms with Crippen molar-refractivity contribution in [1.29, 1.82) is 0 Å². The van der Waals surface area contributed by atoms with Crippen molar-refractivity contribution in [2.75, 3.05) is 25.6 Å². The number of aromatic nitrogens is 2. The molecule has 5 rings (SSSR count). The molecule has 2 aliphatic rings. The van der Waals surface area contributed by atoms with Gasteiger partial charge in [-0.3, -0.25) is 14.6 Å². The highest BCUT2D eigenvalue weighted by atomic mass is 16.5. The van der Waals surface area contributed by atoms with Gasteiger partial charge < -0.3 is 24.3 Å². The van der Waals surface area contributed by atoms with E-state index >= 15 is 0 Å². The summed E-state index contributed by atoms with van der Waals surface area (Å²) >= 11 is 0. The fourth-order valence-corrected chi connectivity index (χ4v) is 4.79. The number of carbonyl (C=O) groups excluding carboxylic acids is 2. The Kier molecular flexibility index (Phi) is 5.51. The maximum absolute atomic E-state index is 13.6. The molecule has 8 nitrogen and oxygen atoms in total. The molecule has 0 saturated carbocycles. The number of fused-ring (bicyclic) bond motifs is 2. The summed E-state index contributed by atoms with van der Waals surface area (Å²) in [6.07, 6.45) is 4.62. The number of nitrogens with zero attached hydrogens (tertiary/aromatic N) is 3. The van der Waals surface area contributed by atoms with E-state index in [2.05, 4.69) is 9.97 Å². The van der Waals surface area contributed by atoms with Crippen LogP contribution in [0.4, 0.5) is 5.69 Å². The fraction of sp³-hybridized carbons (Fsp3) is 0.346. The van der Waals surface area contributed by atoms with Crippen molar-refractivity contribution in [3.8, 4) is 11.5 Å². The number of methoxy groups -OCH3 is 1. The molecule has 0 fully saturated rings. The smallest absolute Gasteiger partial charge is 0.270 e. The van der Waals surface area contributed by atoms with Gasteiger partial charge in [-0.15, -0.1) is 0 Å². The number of benzene rings is 1. The van der Waals surface area contributed by atoms with Gasteiger partial charge in [-0.1, -0.05) is 13.8 Å². The van der Waals surface area contributed by atoms with E-state index in [1.807, 2.05) is 44.2 Å². The Bertz CT molecular complexity index is 1240. The summed E-state index contributed by atoms with van der Waals surface area (Å²) in [5.74, 6) is 1.02. The fourth-order valence-electron chi connectivity index (χ4n) is 4.79. The van der Waals surface area contributed by atoms with Gasteiger partial charge in [0.15, 0.2) is 6.10 Å². The lowest BCUT2D eigenvalue weighted by atomic mass is 9.86. The maximum atomic E-state index is 13.6. The number of pyridine rings is 1. The van der Waals surface area contributed by atoms with Crippen molar-refractivity contribution in [2.24, 2.45) is 5.92 Å². The second-order valence-electron chi connectivity index (χ2n) is 9.17. The van der Waals surface area contributed by atoms with Crippen LogP contribution in [0.3, 0.4) is 0 Å². The Morgan fingerprint density at radius 3 is 2.65 bits per heavy atom. The van der Waals surface area contributed by atoms with Crippen LogP contribution in [-0.4, -0.2) is 53.5 Å². The minimum absolute atomic E-state index is 0.0195. The van der Waals surface area contributed by atoms with Crippen molar-refractivity contribution in [2.45, 2.75) is 32.4 Å². The van der Waals surface area contributed by atoms with Crippen LogP contribution >= 0.6 is 0 Å². The molecule has 2 unspecified atom stereocenters. The number of amides is 2. The van der Waals surface area contributed by atoms with Crippen molar-refractivity contribution in [3.63, 3.8) is 0 Å². The first-order valence-electron chi connectivity index (χ1n) is 11.4. The zero-order chi connectivity index (χ0) is 24.0. The van der Waals surface area contributed by atoms with Gasteiger partial charge in [0, 0.05) is 49.7 Å². The quantitative estimate of drug-likeness (QED) is 0.629. The van der Waals surface area contributed by atoms with Crippen LogP contribution in [0.2, 0.25) is 0 Å². The third-order valence-electron chi connectivity index (χ3n) is 6.59. The molecule has 2 atom stereocenters. The number of carbonyl (C=O) groups is 2. The number of nitrogens with one attached hydrogen (secondary N) is 1. The van der Waals surface area contributed by atoms with E-state index in [-0.39, 0.29) is 23.7 Å². The topological polar surface area (TPSA) is 87.8 Å². The minimum Gasteiger partial charge on any atom is -0.497 e. The Morgan fingerprint density at radius 2 is 1.94 bits per heavy atom. The molecule has 0 spiro atoms. The van der Waals surface area contributed by atoms with Gasteiger partial charge in [-0.25, -0.2) is 0 Å². The number of H-pyrrole nitrogens is 1. The Labute approximate surface area is 198 Å². The van der Waals surface area contributed by atoms with E-state index in [1.165, 1.54) is 0 Å². The van der Waals surface area contributed by atoms with Gasteiger partial charge in [0.25, 0.3) is 11.8 Å². The first-order chi connectivity index (χ1) is 16.4. The number of hydrogen-bond donors (Lipinski definition) is 1. The van der Waals surface area contributed by atoms with Gasteiger partial charge >= 0.3 is 0 Å². The second kappa shape index (κ2) is 8.52. The zero-order valence-corrected chi connectivity index (χ0v) is 19.7. The molecule has 2 aliphatic heterocycles. The summed E-state index contributed by atoms with van der Waals surface area (Å²) in [6.45, 7) is 4.86. The lowest BCUT2D eigenvalue weighted by molar-refractivity contribution is -0.128. The van der Waals surface area contributed by atoms with Crippen molar-refractivity contribution >= 4 is 17.5 Å². The SMILES string of the molecule is COc1cc(C2CN(C)C(=O)c3[nH]ccc32)c2c(c1)N(Cc1ccncc1)C(=O)C(C(C)C)O2. The molecule has 1 N–H and O–H groups in total. The second-order valence-corrected chi connectivity index (χ2v) is 9.17. The van der Waals surface area contributed by atoms with Crippen LogP contribution in [0.5, 0.6) is 11.5 Å². The molecule has 0 aliphatic carbocycles. The average molecular weight is 461 g/mol. The van der Waals surface area contributed by atoms with Gasteiger partial charge in [0.1, 0.15) is 17.2 Å². The molecule has 2 amide bonds. The normalized spacial score (nSPS) is 19.7. The van der Waals surface area contributed by atoms with Crippen LogP contribution in [0.25, 0.3) is 0 Å². The molecule has 0 bridgehead atoms. The third kappa shape index (κ3) is 3.59. The number of aromatic amines is 1. The van der Waals surface area contributed by atoms with Crippen LogP contribution in [-0.2, 0) is 11.3 Å². The standard InChI is InChI=1S/C26H28N4O4/c1-15(2)23-26(32)30(13-16-5-8-27-9-6-16)21-12-17(33-4)11-19(24(21)34-23)20-14-29(3)25(31)22-18(20)7-10-28-22/h5-12,15,20,23,28H,13-14H2,1-4H3. The predicted octanol–water partition coefficient (Wildman–Crippen LogP) is 3.59. The molecule has 8 heteroatoms. The Hall–Kier alpha value is -3.81. The van der Waals surface area contributed by atoms with Crippen LogP contribution in [0.1, 0.15) is 46.9 Å². The van der Waals surface area contributed by atoms with Gasteiger partial charge in [-0.2, -0.15) is 0 Å².